The van der Waals surface area contributed by atoms with E-state index in [4.69, 9.17) is 9.47 Å². The summed E-state index contributed by atoms with van der Waals surface area (Å²) in [6.45, 7) is 7.99. The van der Waals surface area contributed by atoms with Gasteiger partial charge >= 0.3 is 0 Å². The highest BCUT2D eigenvalue weighted by Gasteiger charge is 2.09. The van der Waals surface area contributed by atoms with Gasteiger partial charge in [-0.2, -0.15) is 0 Å². The van der Waals surface area contributed by atoms with Gasteiger partial charge in [0.1, 0.15) is 5.76 Å². The van der Waals surface area contributed by atoms with Crippen LogP contribution in [0.2, 0.25) is 0 Å². The Morgan fingerprint density at radius 3 is 2.75 bits per heavy atom. The molecule has 0 fully saturated rings. The second-order valence-corrected chi connectivity index (χ2v) is 4.19. The Morgan fingerprint density at radius 1 is 1.44 bits per heavy atom. The summed E-state index contributed by atoms with van der Waals surface area (Å²) in [5.41, 5.74) is 1.33. The molecule has 0 N–H and O–H groups in total. The fourth-order valence-electron chi connectivity index (χ4n) is 1.68. The second kappa shape index (κ2) is 6.21. The van der Waals surface area contributed by atoms with Gasteiger partial charge in [0.05, 0.1) is 13.4 Å². The van der Waals surface area contributed by atoms with E-state index in [9.17, 15) is 0 Å². The molecule has 16 heavy (non-hydrogen) atoms. The molecule has 0 spiro atoms. The maximum atomic E-state index is 5.34. The minimum absolute atomic E-state index is 0.656. The van der Waals surface area contributed by atoms with E-state index in [1.54, 1.807) is 7.11 Å². The van der Waals surface area contributed by atoms with Crippen molar-refractivity contribution in [3.05, 3.63) is 48.2 Å². The number of ether oxygens (including phenoxy) is 2. The van der Waals surface area contributed by atoms with Crippen molar-refractivity contribution in [2.24, 2.45) is 5.92 Å². The van der Waals surface area contributed by atoms with Crippen molar-refractivity contribution in [2.75, 3.05) is 7.11 Å². The molecular weight excluding hydrogens is 200 g/mol. The first-order valence-electron chi connectivity index (χ1n) is 5.59. The quantitative estimate of drug-likeness (QED) is 0.653. The van der Waals surface area contributed by atoms with E-state index < -0.39 is 0 Å². The van der Waals surface area contributed by atoms with Crippen molar-refractivity contribution < 1.29 is 9.47 Å². The van der Waals surface area contributed by atoms with Crippen LogP contribution < -0.4 is 0 Å². The lowest BCUT2D eigenvalue weighted by atomic mass is 10.0. The van der Waals surface area contributed by atoms with Gasteiger partial charge in [-0.05, 0) is 18.4 Å². The first kappa shape index (κ1) is 12.6. The number of hydrogen-bond donors (Lipinski definition) is 0. The SMILES string of the molecule is C=COC1=C(OC)C=CC(CC(C)C)=CC1. The minimum Gasteiger partial charge on any atom is -0.493 e. The molecule has 0 aromatic rings. The summed E-state index contributed by atoms with van der Waals surface area (Å²) in [5.74, 6) is 2.24. The smallest absolute Gasteiger partial charge is 0.157 e. The first-order chi connectivity index (χ1) is 7.67. The van der Waals surface area contributed by atoms with Crippen LogP contribution in [0.1, 0.15) is 26.7 Å². The standard InChI is InChI=1S/C14H20O2/c1-5-16-14-9-7-12(10-11(2)3)6-8-13(14)15-4/h5-8,11H,1,9-10H2,2-4H3. The summed E-state index contributed by atoms with van der Waals surface area (Å²) in [6.07, 6.45) is 9.50. The molecule has 2 heteroatoms. The van der Waals surface area contributed by atoms with Crippen molar-refractivity contribution in [3.8, 4) is 0 Å². The van der Waals surface area contributed by atoms with E-state index in [2.05, 4.69) is 32.6 Å². The zero-order valence-corrected chi connectivity index (χ0v) is 10.3. The Balaban J connectivity index is 2.80. The van der Waals surface area contributed by atoms with E-state index >= 15 is 0 Å². The van der Waals surface area contributed by atoms with Gasteiger partial charge < -0.3 is 9.47 Å². The normalized spacial score (nSPS) is 15.9. The highest BCUT2D eigenvalue weighted by molar-refractivity contribution is 5.32. The highest BCUT2D eigenvalue weighted by atomic mass is 16.5. The van der Waals surface area contributed by atoms with Gasteiger partial charge in [0.2, 0.25) is 0 Å². The van der Waals surface area contributed by atoms with Crippen LogP contribution in [0.25, 0.3) is 0 Å². The van der Waals surface area contributed by atoms with Crippen LogP contribution >= 0.6 is 0 Å². The van der Waals surface area contributed by atoms with E-state index in [-0.39, 0.29) is 0 Å². The fourth-order valence-corrected chi connectivity index (χ4v) is 1.68. The molecule has 0 saturated heterocycles. The number of methoxy groups -OCH3 is 1. The van der Waals surface area contributed by atoms with Gasteiger partial charge in [0.25, 0.3) is 0 Å². The molecule has 0 heterocycles. The Morgan fingerprint density at radius 2 is 2.19 bits per heavy atom. The first-order valence-corrected chi connectivity index (χ1v) is 5.59. The fraction of sp³-hybridized carbons (Fsp3) is 0.429. The lowest BCUT2D eigenvalue weighted by Crippen LogP contribution is -1.92. The molecule has 0 amide bonds. The molecule has 1 rings (SSSR count). The van der Waals surface area contributed by atoms with Crippen molar-refractivity contribution in [1.29, 1.82) is 0 Å². The Kier molecular flexibility index (Phi) is 4.90. The Hall–Kier alpha value is -1.44. The third-order valence-corrected chi connectivity index (χ3v) is 2.36. The molecule has 2 nitrogen and oxygen atoms in total. The molecule has 1 aliphatic rings. The molecule has 0 aromatic heterocycles. The zero-order valence-electron chi connectivity index (χ0n) is 10.3. The molecule has 88 valence electrons. The molecule has 0 unspecified atom stereocenters. The Bertz CT molecular complexity index is 333. The largest absolute Gasteiger partial charge is 0.493 e. The minimum atomic E-state index is 0.656. The highest BCUT2D eigenvalue weighted by Crippen LogP contribution is 2.22. The maximum absolute atomic E-state index is 5.34. The monoisotopic (exact) mass is 220 g/mol. The summed E-state index contributed by atoms with van der Waals surface area (Å²) >= 11 is 0. The third-order valence-electron chi connectivity index (χ3n) is 2.36. The number of allylic oxidation sites excluding steroid dienone is 4. The van der Waals surface area contributed by atoms with Crippen molar-refractivity contribution in [3.63, 3.8) is 0 Å². The molecule has 0 atom stereocenters. The predicted molar refractivity (Wildman–Crippen MR) is 66.6 cm³/mol. The zero-order chi connectivity index (χ0) is 12.0. The molecule has 0 aromatic carbocycles. The van der Waals surface area contributed by atoms with Crippen LogP contribution in [0.5, 0.6) is 0 Å². The summed E-state index contributed by atoms with van der Waals surface area (Å²) in [7, 11) is 1.65. The van der Waals surface area contributed by atoms with Crippen molar-refractivity contribution >= 4 is 0 Å². The van der Waals surface area contributed by atoms with Crippen LogP contribution in [0.15, 0.2) is 48.2 Å². The molecule has 0 saturated carbocycles. The van der Waals surface area contributed by atoms with Crippen LogP contribution in [0.3, 0.4) is 0 Å². The third kappa shape index (κ3) is 3.61. The predicted octanol–water partition coefficient (Wildman–Crippen LogP) is 3.94. The molecular formula is C14H20O2. The van der Waals surface area contributed by atoms with E-state index in [0.717, 1.165) is 24.4 Å². The summed E-state index contributed by atoms with van der Waals surface area (Å²) in [4.78, 5) is 0. The lowest BCUT2D eigenvalue weighted by molar-refractivity contribution is 0.252. The van der Waals surface area contributed by atoms with Gasteiger partial charge in [-0.15, -0.1) is 0 Å². The second-order valence-electron chi connectivity index (χ2n) is 4.19. The molecule has 0 radical (unpaired) electrons. The van der Waals surface area contributed by atoms with Crippen molar-refractivity contribution in [2.45, 2.75) is 26.7 Å². The molecule has 0 bridgehead atoms. The van der Waals surface area contributed by atoms with Gasteiger partial charge in [0, 0.05) is 6.42 Å². The van der Waals surface area contributed by atoms with Gasteiger partial charge in [-0.25, -0.2) is 0 Å². The van der Waals surface area contributed by atoms with Crippen LogP contribution in [0, 0.1) is 5.92 Å². The van der Waals surface area contributed by atoms with E-state index in [1.807, 2.05) is 6.08 Å². The van der Waals surface area contributed by atoms with Gasteiger partial charge in [-0.3, -0.25) is 0 Å². The van der Waals surface area contributed by atoms with E-state index in [0.29, 0.717) is 5.92 Å². The number of rotatable bonds is 5. The molecule has 0 aliphatic heterocycles. The topological polar surface area (TPSA) is 18.5 Å². The number of hydrogen-bond acceptors (Lipinski definition) is 2. The van der Waals surface area contributed by atoms with Crippen LogP contribution in [0.4, 0.5) is 0 Å². The Labute approximate surface area is 97.9 Å². The summed E-state index contributed by atoms with van der Waals surface area (Å²) in [6, 6.07) is 0. The average Bonchev–Trinajstić information content (AvgIpc) is 2.41. The van der Waals surface area contributed by atoms with Gasteiger partial charge in [0.15, 0.2) is 5.76 Å². The molecule has 1 aliphatic carbocycles. The van der Waals surface area contributed by atoms with Gasteiger partial charge in [-0.1, -0.05) is 38.2 Å². The van der Waals surface area contributed by atoms with Crippen LogP contribution in [-0.2, 0) is 9.47 Å². The lowest BCUT2D eigenvalue weighted by Gasteiger charge is -2.07. The maximum Gasteiger partial charge on any atom is 0.157 e. The van der Waals surface area contributed by atoms with E-state index in [1.165, 1.54) is 11.8 Å². The van der Waals surface area contributed by atoms with Crippen molar-refractivity contribution in [1.82, 2.24) is 0 Å². The summed E-state index contributed by atoms with van der Waals surface area (Å²) in [5, 5.41) is 0. The summed E-state index contributed by atoms with van der Waals surface area (Å²) < 4.78 is 10.6. The van der Waals surface area contributed by atoms with Crippen LogP contribution in [-0.4, -0.2) is 7.11 Å². The average molecular weight is 220 g/mol.